The third-order valence-corrected chi connectivity index (χ3v) is 2.53. The molecule has 4 heteroatoms. The predicted molar refractivity (Wildman–Crippen MR) is 75.4 cm³/mol. The average Bonchev–Trinajstić information content (AvgIpc) is 2.38. The van der Waals surface area contributed by atoms with Crippen LogP contribution in [0.15, 0.2) is 18.2 Å². The summed E-state index contributed by atoms with van der Waals surface area (Å²) in [6.45, 7) is 9.05. The highest BCUT2D eigenvalue weighted by molar-refractivity contribution is 5.45. The minimum absolute atomic E-state index is 0.242. The molecule has 4 nitrogen and oxygen atoms in total. The van der Waals surface area contributed by atoms with Crippen LogP contribution in [0.5, 0.6) is 11.5 Å². The number of nitrogens with zero attached hydrogens (tertiary/aromatic N) is 1. The topological polar surface area (TPSA) is 54.3 Å². The Morgan fingerprint density at radius 3 is 2.32 bits per heavy atom. The molecule has 0 radical (unpaired) electrons. The van der Waals surface area contributed by atoms with Gasteiger partial charge in [0.2, 0.25) is 0 Å². The van der Waals surface area contributed by atoms with Gasteiger partial charge in [-0.3, -0.25) is 5.32 Å². The molecule has 0 aliphatic rings. The van der Waals surface area contributed by atoms with E-state index in [4.69, 9.17) is 9.47 Å². The van der Waals surface area contributed by atoms with Gasteiger partial charge in [-0.25, -0.2) is 0 Å². The van der Waals surface area contributed by atoms with Crippen molar-refractivity contribution in [2.24, 2.45) is 0 Å². The van der Waals surface area contributed by atoms with Gasteiger partial charge in [0.05, 0.1) is 19.3 Å². The molecule has 1 N–H and O–H groups in total. The van der Waals surface area contributed by atoms with Gasteiger partial charge < -0.3 is 9.47 Å². The standard InChI is InChI=1S/C15H22N2O2/c1-5-18-14-8-7-12(9-15(14)19-6-2)13(10-16)17-11(3)4/h7-9,11,13,17H,5-6H2,1-4H3. The van der Waals surface area contributed by atoms with E-state index in [1.807, 2.05) is 45.9 Å². The van der Waals surface area contributed by atoms with Crippen molar-refractivity contribution in [2.45, 2.75) is 39.8 Å². The minimum atomic E-state index is -0.338. The molecule has 0 amide bonds. The first-order valence-corrected chi connectivity index (χ1v) is 6.67. The Hall–Kier alpha value is -1.73. The van der Waals surface area contributed by atoms with Gasteiger partial charge in [-0.15, -0.1) is 0 Å². The molecule has 1 rings (SSSR count). The maximum Gasteiger partial charge on any atom is 0.161 e. The molecule has 0 saturated carbocycles. The van der Waals surface area contributed by atoms with Gasteiger partial charge in [0.25, 0.3) is 0 Å². The highest BCUT2D eigenvalue weighted by atomic mass is 16.5. The number of hydrogen-bond acceptors (Lipinski definition) is 4. The first kappa shape index (κ1) is 15.3. The van der Waals surface area contributed by atoms with Crippen molar-refractivity contribution in [3.05, 3.63) is 23.8 Å². The summed E-state index contributed by atoms with van der Waals surface area (Å²) in [6.07, 6.45) is 0. The van der Waals surface area contributed by atoms with Crippen LogP contribution in [0, 0.1) is 11.3 Å². The van der Waals surface area contributed by atoms with E-state index in [1.54, 1.807) is 0 Å². The fraction of sp³-hybridized carbons (Fsp3) is 0.533. The highest BCUT2D eigenvalue weighted by Crippen LogP contribution is 2.30. The van der Waals surface area contributed by atoms with Crippen LogP contribution in [0.25, 0.3) is 0 Å². The monoisotopic (exact) mass is 262 g/mol. The maximum atomic E-state index is 9.24. The van der Waals surface area contributed by atoms with Crippen LogP contribution in [0.1, 0.15) is 39.3 Å². The van der Waals surface area contributed by atoms with Gasteiger partial charge in [0.15, 0.2) is 11.5 Å². The van der Waals surface area contributed by atoms with Gasteiger partial charge >= 0.3 is 0 Å². The summed E-state index contributed by atoms with van der Waals surface area (Å²) in [6, 6.07) is 7.80. The Bertz CT molecular complexity index is 438. The van der Waals surface area contributed by atoms with Crippen molar-refractivity contribution < 1.29 is 9.47 Å². The van der Waals surface area contributed by atoms with E-state index in [2.05, 4.69) is 11.4 Å². The van der Waals surface area contributed by atoms with Crippen LogP contribution in [0.3, 0.4) is 0 Å². The van der Waals surface area contributed by atoms with Crippen molar-refractivity contribution >= 4 is 0 Å². The van der Waals surface area contributed by atoms with E-state index in [-0.39, 0.29) is 12.1 Å². The fourth-order valence-electron chi connectivity index (χ4n) is 1.79. The number of ether oxygens (including phenoxy) is 2. The zero-order valence-corrected chi connectivity index (χ0v) is 12.1. The zero-order valence-electron chi connectivity index (χ0n) is 12.1. The first-order valence-electron chi connectivity index (χ1n) is 6.67. The second kappa shape index (κ2) is 7.65. The molecule has 1 aromatic rings. The number of nitriles is 1. The largest absolute Gasteiger partial charge is 0.490 e. The van der Waals surface area contributed by atoms with Crippen molar-refractivity contribution in [3.63, 3.8) is 0 Å². The number of nitrogens with one attached hydrogen (secondary N) is 1. The lowest BCUT2D eigenvalue weighted by Gasteiger charge is -2.17. The van der Waals surface area contributed by atoms with E-state index >= 15 is 0 Å². The quantitative estimate of drug-likeness (QED) is 0.820. The van der Waals surface area contributed by atoms with Crippen LogP contribution in [0.4, 0.5) is 0 Å². The third-order valence-electron chi connectivity index (χ3n) is 2.53. The van der Waals surface area contributed by atoms with E-state index < -0.39 is 0 Å². The van der Waals surface area contributed by atoms with Gasteiger partial charge in [0.1, 0.15) is 6.04 Å². The number of rotatable bonds is 7. The lowest BCUT2D eigenvalue weighted by atomic mass is 10.1. The first-order chi connectivity index (χ1) is 9.12. The van der Waals surface area contributed by atoms with E-state index in [0.717, 1.165) is 5.56 Å². The van der Waals surface area contributed by atoms with Crippen molar-refractivity contribution in [3.8, 4) is 17.6 Å². The lowest BCUT2D eigenvalue weighted by molar-refractivity contribution is 0.287. The molecule has 0 aromatic heterocycles. The molecule has 0 fully saturated rings. The maximum absolute atomic E-state index is 9.24. The third kappa shape index (κ3) is 4.46. The highest BCUT2D eigenvalue weighted by Gasteiger charge is 2.14. The van der Waals surface area contributed by atoms with Crippen molar-refractivity contribution in [1.82, 2.24) is 5.32 Å². The molecule has 1 unspecified atom stereocenters. The molecular formula is C15H22N2O2. The summed E-state index contributed by atoms with van der Waals surface area (Å²) < 4.78 is 11.1. The second-order valence-electron chi connectivity index (χ2n) is 4.46. The van der Waals surface area contributed by atoms with Gasteiger partial charge in [0, 0.05) is 6.04 Å². The molecule has 1 aromatic carbocycles. The summed E-state index contributed by atoms with van der Waals surface area (Å²) in [5.41, 5.74) is 0.892. The molecule has 19 heavy (non-hydrogen) atoms. The molecule has 0 bridgehead atoms. The Balaban J connectivity index is 3.02. The van der Waals surface area contributed by atoms with Crippen LogP contribution in [-0.2, 0) is 0 Å². The van der Waals surface area contributed by atoms with Crippen LogP contribution < -0.4 is 14.8 Å². The Kier molecular flexibility index (Phi) is 6.17. The second-order valence-corrected chi connectivity index (χ2v) is 4.46. The van der Waals surface area contributed by atoms with E-state index in [1.165, 1.54) is 0 Å². The molecule has 0 spiro atoms. The Morgan fingerprint density at radius 2 is 1.79 bits per heavy atom. The van der Waals surface area contributed by atoms with Gasteiger partial charge in [-0.1, -0.05) is 6.07 Å². The summed E-state index contributed by atoms with van der Waals surface area (Å²) in [4.78, 5) is 0. The molecule has 1 atom stereocenters. The summed E-state index contributed by atoms with van der Waals surface area (Å²) in [5.74, 6) is 1.40. The van der Waals surface area contributed by atoms with E-state index in [9.17, 15) is 5.26 Å². The van der Waals surface area contributed by atoms with E-state index in [0.29, 0.717) is 24.7 Å². The van der Waals surface area contributed by atoms with Gasteiger partial charge in [-0.2, -0.15) is 5.26 Å². The summed E-state index contributed by atoms with van der Waals surface area (Å²) >= 11 is 0. The lowest BCUT2D eigenvalue weighted by Crippen LogP contribution is -2.27. The molecule has 0 aliphatic carbocycles. The van der Waals surface area contributed by atoms with Crippen molar-refractivity contribution in [1.29, 1.82) is 5.26 Å². The smallest absolute Gasteiger partial charge is 0.161 e. The normalized spacial score (nSPS) is 12.0. The van der Waals surface area contributed by atoms with Crippen LogP contribution in [0.2, 0.25) is 0 Å². The summed E-state index contributed by atoms with van der Waals surface area (Å²) in [7, 11) is 0. The molecule has 0 saturated heterocycles. The predicted octanol–water partition coefficient (Wildman–Crippen LogP) is 3.05. The Morgan fingerprint density at radius 1 is 1.16 bits per heavy atom. The summed E-state index contributed by atoms with van der Waals surface area (Å²) in [5, 5.41) is 12.4. The average molecular weight is 262 g/mol. The number of benzene rings is 1. The SMILES string of the molecule is CCOc1ccc(C(C#N)NC(C)C)cc1OCC. The van der Waals surface area contributed by atoms with Crippen LogP contribution >= 0.6 is 0 Å². The number of hydrogen-bond donors (Lipinski definition) is 1. The Labute approximate surface area is 115 Å². The molecule has 0 aliphatic heterocycles. The molecule has 104 valence electrons. The molecular weight excluding hydrogens is 240 g/mol. The fourth-order valence-corrected chi connectivity index (χ4v) is 1.79. The van der Waals surface area contributed by atoms with Gasteiger partial charge in [-0.05, 0) is 45.4 Å². The molecule has 0 heterocycles. The minimum Gasteiger partial charge on any atom is -0.490 e. The van der Waals surface area contributed by atoms with Crippen molar-refractivity contribution in [2.75, 3.05) is 13.2 Å². The zero-order chi connectivity index (χ0) is 14.3. The van der Waals surface area contributed by atoms with Crippen LogP contribution in [-0.4, -0.2) is 19.3 Å².